The first-order valence-electron chi connectivity index (χ1n) is 7.38. The number of hydrogen-bond donors (Lipinski definition) is 2. The Bertz CT molecular complexity index is 830. The minimum atomic E-state index is -3.85. The molecule has 3 N–H and O–H groups in total. The number of nitrogens with two attached hydrogens (primary N) is 1. The Morgan fingerprint density at radius 1 is 1.12 bits per heavy atom. The second kappa shape index (κ2) is 7.46. The first kappa shape index (κ1) is 18.0. The number of carbonyl (C=O) groups is 1. The van der Waals surface area contributed by atoms with E-state index in [4.69, 9.17) is 9.88 Å². The first-order valence-corrected chi connectivity index (χ1v) is 8.93. The molecule has 1 amide bonds. The van der Waals surface area contributed by atoms with Gasteiger partial charge in [0.05, 0.1) is 11.4 Å². The van der Waals surface area contributed by atoms with E-state index in [2.05, 4.69) is 5.32 Å². The Hall–Kier alpha value is -2.38. The number of carbonyl (C=O) groups excluding carboxylic acids is 1. The largest absolute Gasteiger partial charge is 0.492 e. The molecule has 2 aromatic rings. The number of nitrogens with one attached hydrogen (secondary N) is 1. The second-order valence-electron chi connectivity index (χ2n) is 5.44. The molecule has 2 rings (SSSR count). The summed E-state index contributed by atoms with van der Waals surface area (Å²) < 4.78 is 28.3. The molecule has 24 heavy (non-hydrogen) atoms. The van der Waals surface area contributed by atoms with Gasteiger partial charge in [0.2, 0.25) is 10.0 Å². The molecule has 0 heterocycles. The molecule has 0 unspecified atom stereocenters. The zero-order chi connectivity index (χ0) is 17.7. The fourth-order valence-corrected chi connectivity index (χ4v) is 2.63. The van der Waals surface area contributed by atoms with Gasteiger partial charge in [-0.1, -0.05) is 23.8 Å². The average molecular weight is 348 g/mol. The second-order valence-corrected chi connectivity index (χ2v) is 7.00. The van der Waals surface area contributed by atoms with E-state index in [1.165, 1.54) is 12.1 Å². The fourth-order valence-electron chi connectivity index (χ4n) is 2.09. The van der Waals surface area contributed by atoms with Gasteiger partial charge in [-0.05, 0) is 43.7 Å². The highest BCUT2D eigenvalue weighted by Gasteiger charge is 2.14. The van der Waals surface area contributed by atoms with E-state index in [1.807, 2.05) is 31.2 Å². The van der Waals surface area contributed by atoms with Crippen LogP contribution in [0.5, 0.6) is 5.75 Å². The van der Waals surface area contributed by atoms with Crippen molar-refractivity contribution in [1.29, 1.82) is 0 Å². The molecule has 0 saturated carbocycles. The molecule has 0 saturated heterocycles. The number of sulfonamides is 1. The van der Waals surface area contributed by atoms with Crippen LogP contribution in [0, 0.1) is 13.8 Å². The van der Waals surface area contributed by atoms with Crippen LogP contribution in [-0.4, -0.2) is 27.5 Å². The maximum atomic E-state index is 12.2. The monoisotopic (exact) mass is 348 g/mol. The lowest BCUT2D eigenvalue weighted by Crippen LogP contribution is -2.29. The highest BCUT2D eigenvalue weighted by Crippen LogP contribution is 2.14. The first-order chi connectivity index (χ1) is 11.3. The molecule has 0 aromatic heterocycles. The Labute approximate surface area is 141 Å². The van der Waals surface area contributed by atoms with Crippen LogP contribution in [0.2, 0.25) is 0 Å². The van der Waals surface area contributed by atoms with Gasteiger partial charge in [0.15, 0.2) is 0 Å². The summed E-state index contributed by atoms with van der Waals surface area (Å²) in [6.07, 6.45) is 0. The summed E-state index contributed by atoms with van der Waals surface area (Å²) in [5.74, 6) is 0.354. The maximum Gasteiger partial charge on any atom is 0.251 e. The summed E-state index contributed by atoms with van der Waals surface area (Å²) in [6.45, 7) is 4.32. The quantitative estimate of drug-likeness (QED) is 0.777. The van der Waals surface area contributed by atoms with Crippen LogP contribution in [-0.2, 0) is 10.0 Å². The van der Waals surface area contributed by atoms with Crippen molar-refractivity contribution < 1.29 is 17.9 Å². The van der Waals surface area contributed by atoms with Gasteiger partial charge in [-0.15, -0.1) is 0 Å². The number of amides is 1. The summed E-state index contributed by atoms with van der Waals surface area (Å²) in [7, 11) is -3.85. The van der Waals surface area contributed by atoms with E-state index in [0.717, 1.165) is 11.3 Å². The van der Waals surface area contributed by atoms with Crippen LogP contribution < -0.4 is 15.2 Å². The van der Waals surface area contributed by atoms with Crippen molar-refractivity contribution in [3.63, 3.8) is 0 Å². The maximum absolute atomic E-state index is 12.2. The van der Waals surface area contributed by atoms with Crippen LogP contribution in [0.4, 0.5) is 0 Å². The summed E-state index contributed by atoms with van der Waals surface area (Å²) in [5, 5.41) is 7.79. The molecule has 0 atom stereocenters. The molecule has 0 spiro atoms. The highest BCUT2D eigenvalue weighted by atomic mass is 32.2. The van der Waals surface area contributed by atoms with Crippen LogP contribution in [0.25, 0.3) is 0 Å². The van der Waals surface area contributed by atoms with Gasteiger partial charge in [0.1, 0.15) is 12.4 Å². The van der Waals surface area contributed by atoms with E-state index < -0.39 is 10.0 Å². The molecule has 2 aromatic carbocycles. The van der Waals surface area contributed by atoms with Crippen molar-refractivity contribution in [3.05, 3.63) is 59.2 Å². The normalized spacial score (nSPS) is 11.1. The van der Waals surface area contributed by atoms with Crippen LogP contribution in [0.15, 0.2) is 47.4 Å². The van der Waals surface area contributed by atoms with Crippen molar-refractivity contribution in [1.82, 2.24) is 5.32 Å². The van der Waals surface area contributed by atoms with Crippen LogP contribution in [0.1, 0.15) is 21.5 Å². The van der Waals surface area contributed by atoms with Gasteiger partial charge < -0.3 is 10.1 Å². The third kappa shape index (κ3) is 4.81. The summed E-state index contributed by atoms with van der Waals surface area (Å²) in [5.41, 5.74) is 2.08. The van der Waals surface area contributed by atoms with E-state index in [1.54, 1.807) is 13.0 Å². The summed E-state index contributed by atoms with van der Waals surface area (Å²) >= 11 is 0. The minimum Gasteiger partial charge on any atom is -0.492 e. The predicted molar refractivity (Wildman–Crippen MR) is 91.6 cm³/mol. The number of aryl methyl sites for hydroxylation is 2. The third-order valence-electron chi connectivity index (χ3n) is 3.46. The van der Waals surface area contributed by atoms with E-state index in [0.29, 0.717) is 18.7 Å². The molecule has 0 aliphatic carbocycles. The summed E-state index contributed by atoms with van der Waals surface area (Å²) in [6, 6.07) is 11.8. The van der Waals surface area contributed by atoms with Gasteiger partial charge in [-0.2, -0.15) is 0 Å². The molecule has 0 radical (unpaired) electrons. The molecule has 6 nitrogen and oxygen atoms in total. The predicted octanol–water partition coefficient (Wildman–Crippen LogP) is 1.76. The third-order valence-corrected chi connectivity index (χ3v) is 4.37. The number of benzene rings is 2. The molecular formula is C17H20N2O4S. The van der Waals surface area contributed by atoms with E-state index in [9.17, 15) is 13.2 Å². The molecule has 128 valence electrons. The van der Waals surface area contributed by atoms with Gasteiger partial charge in [-0.25, -0.2) is 13.6 Å². The van der Waals surface area contributed by atoms with Crippen LogP contribution >= 0.6 is 0 Å². The zero-order valence-electron chi connectivity index (χ0n) is 13.6. The minimum absolute atomic E-state index is 0.0887. The molecule has 0 fully saturated rings. The summed E-state index contributed by atoms with van der Waals surface area (Å²) in [4.78, 5) is 12.1. The van der Waals surface area contributed by atoms with E-state index in [-0.39, 0.29) is 16.4 Å². The Morgan fingerprint density at radius 3 is 2.42 bits per heavy atom. The van der Waals surface area contributed by atoms with Gasteiger partial charge in [-0.3, -0.25) is 4.79 Å². The number of primary sulfonamides is 1. The number of hydrogen-bond acceptors (Lipinski definition) is 4. The van der Waals surface area contributed by atoms with Crippen molar-refractivity contribution in [2.75, 3.05) is 13.2 Å². The van der Waals surface area contributed by atoms with Crippen molar-refractivity contribution >= 4 is 15.9 Å². The topological polar surface area (TPSA) is 98.5 Å². The number of rotatable bonds is 6. The standard InChI is InChI=1S/C17H20N2O4S/c1-12-3-6-14(7-4-12)23-10-9-19-17(20)16-11-15(24(18,21)22)8-5-13(16)2/h3-8,11H,9-10H2,1-2H3,(H,19,20)(H2,18,21,22). The lowest BCUT2D eigenvalue weighted by Gasteiger charge is -2.10. The molecule has 0 bridgehead atoms. The van der Waals surface area contributed by atoms with Crippen molar-refractivity contribution in [2.24, 2.45) is 5.14 Å². The highest BCUT2D eigenvalue weighted by molar-refractivity contribution is 7.89. The van der Waals surface area contributed by atoms with Crippen molar-refractivity contribution in [2.45, 2.75) is 18.7 Å². The number of ether oxygens (including phenoxy) is 1. The molecule has 0 aliphatic heterocycles. The lowest BCUT2D eigenvalue weighted by atomic mass is 10.1. The van der Waals surface area contributed by atoms with Gasteiger partial charge >= 0.3 is 0 Å². The van der Waals surface area contributed by atoms with Crippen LogP contribution in [0.3, 0.4) is 0 Å². The Kier molecular flexibility index (Phi) is 5.58. The van der Waals surface area contributed by atoms with E-state index >= 15 is 0 Å². The zero-order valence-corrected chi connectivity index (χ0v) is 14.4. The molecule has 7 heteroatoms. The van der Waals surface area contributed by atoms with Gasteiger partial charge in [0, 0.05) is 5.56 Å². The Balaban J connectivity index is 1.94. The average Bonchev–Trinajstić information content (AvgIpc) is 2.52. The van der Waals surface area contributed by atoms with Crippen molar-refractivity contribution in [3.8, 4) is 5.75 Å². The SMILES string of the molecule is Cc1ccc(OCCNC(=O)c2cc(S(N)(=O)=O)ccc2C)cc1. The smallest absolute Gasteiger partial charge is 0.251 e. The Morgan fingerprint density at radius 2 is 1.79 bits per heavy atom. The lowest BCUT2D eigenvalue weighted by molar-refractivity contribution is 0.0946. The molecule has 0 aliphatic rings. The fraction of sp³-hybridized carbons (Fsp3) is 0.235. The molecular weight excluding hydrogens is 328 g/mol. The van der Waals surface area contributed by atoms with Gasteiger partial charge in [0.25, 0.3) is 5.91 Å².